The number of aromatic amines is 1. The van der Waals surface area contributed by atoms with Crippen molar-refractivity contribution in [2.45, 2.75) is 14.7 Å². The van der Waals surface area contributed by atoms with E-state index in [1.165, 1.54) is 36.4 Å². The van der Waals surface area contributed by atoms with Crippen LogP contribution in [0.2, 0.25) is 10.6 Å². The van der Waals surface area contributed by atoms with Gasteiger partial charge in [0.25, 0.3) is 20.2 Å². The van der Waals surface area contributed by atoms with Crippen molar-refractivity contribution < 1.29 is 138 Å². The Labute approximate surface area is 427 Å². The summed E-state index contributed by atoms with van der Waals surface area (Å²) in [6, 6.07) is 22.0. The molecule has 0 unspecified atom stereocenters. The second-order valence-corrected chi connectivity index (χ2v) is 17.0. The summed E-state index contributed by atoms with van der Waals surface area (Å²) < 4.78 is 105. The molecule has 1 heterocycles. The number of aromatic nitrogens is 3. The van der Waals surface area contributed by atoms with E-state index in [-0.39, 0.29) is 116 Å². The number of nitrogens with one attached hydrogen (secondary N) is 1. The molecule has 19 nitrogen and oxygen atoms in total. The van der Waals surface area contributed by atoms with Crippen molar-refractivity contribution in [3.63, 3.8) is 0 Å². The van der Waals surface area contributed by atoms with Gasteiger partial charge in [-0.3, -0.25) is 14.1 Å². The maximum Gasteiger partial charge on any atom is 1.00 e. The Morgan fingerprint density at radius 2 is 1.11 bits per heavy atom. The van der Waals surface area contributed by atoms with Crippen molar-refractivity contribution >= 4 is 104 Å². The van der Waals surface area contributed by atoms with Crippen molar-refractivity contribution in [2.24, 2.45) is 25.4 Å². The first-order valence-electron chi connectivity index (χ1n) is 16.1. The van der Waals surface area contributed by atoms with Crippen molar-refractivity contribution in [3.05, 3.63) is 113 Å². The molecule has 1 aromatic heterocycles. The summed E-state index contributed by atoms with van der Waals surface area (Å²) in [6.07, 6.45) is 0. The Bertz CT molecular complexity index is 3340. The average Bonchev–Trinajstić information content (AvgIpc) is 3.16. The summed E-state index contributed by atoms with van der Waals surface area (Å²) >= 11 is 11.7. The summed E-state index contributed by atoms with van der Waals surface area (Å²) in [4.78, 5) is 11.2. The number of hydrogen-bond donors (Lipinski definition) is 3. The van der Waals surface area contributed by atoms with Crippen LogP contribution < -0.4 is 105 Å². The molecule has 0 bridgehead atoms. The molecule has 27 heteroatoms. The zero-order valence-corrected chi connectivity index (χ0v) is 41.9. The number of rotatable bonds is 9. The second kappa shape index (κ2) is 20.3. The predicted octanol–water partition coefficient (Wildman–Crippen LogP) is -2.30. The molecule has 0 aliphatic heterocycles. The van der Waals surface area contributed by atoms with E-state index in [4.69, 9.17) is 23.2 Å². The van der Waals surface area contributed by atoms with Crippen molar-refractivity contribution in [3.8, 4) is 22.6 Å². The van der Waals surface area contributed by atoms with E-state index >= 15 is 0 Å². The number of nitrogens with zero attached hydrogens (tertiary/aromatic N) is 7. The molecule has 3 N–H and O–H groups in total. The van der Waals surface area contributed by atoms with Gasteiger partial charge >= 0.3 is 88.7 Å². The molecule has 7 aromatic rings. The van der Waals surface area contributed by atoms with Gasteiger partial charge in [0, 0.05) is 5.39 Å². The number of H-pyrrole nitrogens is 1. The van der Waals surface area contributed by atoms with E-state index in [1.54, 1.807) is 36.4 Å². The SMILES string of the molecule is O=S(=O)([O-])c1cc(N=c2nc(Cl)nc(Cl)[nH]2)c2c([O-])c(N=Nc3ccc(-c4ccc(N=Nc5c(S(=O)(=O)O)cc6ccccc6c5[O-])cc4)cc3)c(S(=O)(=O)O)cc2c1.[Na+].[Na+].[Na+]. The summed E-state index contributed by atoms with van der Waals surface area (Å²) in [7, 11) is -15.2. The molecule has 0 spiro atoms. The third-order valence-electron chi connectivity index (χ3n) is 8.30. The van der Waals surface area contributed by atoms with E-state index < -0.39 is 89.7 Å². The van der Waals surface area contributed by atoms with Gasteiger partial charge in [-0.15, -0.1) is 10.2 Å². The van der Waals surface area contributed by atoms with Crippen LogP contribution in [0.4, 0.5) is 28.4 Å². The van der Waals surface area contributed by atoms with Gasteiger partial charge in [-0.05, 0) is 99.0 Å². The minimum absolute atomic E-state index is 0. The Kier molecular flexibility index (Phi) is 16.8. The molecule has 0 radical (unpaired) electrons. The Morgan fingerprint density at radius 1 is 0.613 bits per heavy atom. The van der Waals surface area contributed by atoms with E-state index in [0.29, 0.717) is 16.5 Å². The largest absolute Gasteiger partial charge is 1.00 e. The Balaban J connectivity index is 0.00000282. The van der Waals surface area contributed by atoms with Crippen LogP contribution in [0, 0.1) is 0 Å². The molecule has 7 rings (SSSR count). The minimum Gasteiger partial charge on any atom is -0.871 e. The van der Waals surface area contributed by atoms with E-state index in [9.17, 15) is 49.1 Å². The fraction of sp³-hybridized carbons (Fsp3) is 0. The first-order chi connectivity index (χ1) is 27.8. The maximum atomic E-state index is 13.9. The third kappa shape index (κ3) is 11.5. The van der Waals surface area contributed by atoms with E-state index in [2.05, 4.69) is 40.4 Å². The van der Waals surface area contributed by atoms with Crippen LogP contribution in [0.5, 0.6) is 11.5 Å². The molecular formula is C35H19Cl2N8Na3O11S3. The second-order valence-electron chi connectivity index (χ2n) is 12.1. The van der Waals surface area contributed by atoms with Crippen LogP contribution in [0.15, 0.2) is 137 Å². The zero-order valence-electron chi connectivity index (χ0n) is 31.9. The van der Waals surface area contributed by atoms with Crippen molar-refractivity contribution in [2.75, 3.05) is 0 Å². The van der Waals surface area contributed by atoms with Crippen LogP contribution in [0.1, 0.15) is 0 Å². The first kappa shape index (κ1) is 51.4. The van der Waals surface area contributed by atoms with Gasteiger partial charge in [0.05, 0.1) is 33.3 Å². The van der Waals surface area contributed by atoms with Crippen LogP contribution in [-0.2, 0) is 30.4 Å². The Morgan fingerprint density at radius 3 is 1.61 bits per heavy atom. The van der Waals surface area contributed by atoms with E-state index in [1.807, 2.05) is 0 Å². The number of benzene rings is 6. The molecule has 0 saturated heterocycles. The Hall–Kier alpha value is -3.24. The van der Waals surface area contributed by atoms with Crippen LogP contribution >= 0.6 is 23.2 Å². The van der Waals surface area contributed by atoms with Gasteiger partial charge in [-0.1, -0.05) is 60.0 Å². The van der Waals surface area contributed by atoms with Crippen molar-refractivity contribution in [1.82, 2.24) is 15.0 Å². The van der Waals surface area contributed by atoms with Crippen LogP contribution in [-0.4, -0.2) is 53.9 Å². The quantitative estimate of drug-likeness (QED) is 0.0780. The molecule has 6 aromatic carbocycles. The molecule has 62 heavy (non-hydrogen) atoms. The van der Waals surface area contributed by atoms with Crippen LogP contribution in [0.25, 0.3) is 32.7 Å². The average molecular weight is 964 g/mol. The molecule has 300 valence electrons. The summed E-state index contributed by atoms with van der Waals surface area (Å²) in [5.74, 6) is -1.93. The summed E-state index contributed by atoms with van der Waals surface area (Å²) in [5.41, 5.74) is -0.716. The number of halogens is 2. The third-order valence-corrected chi connectivity index (χ3v) is 11.2. The molecule has 0 aliphatic rings. The summed E-state index contributed by atoms with van der Waals surface area (Å²) in [6.45, 7) is 0. The minimum atomic E-state index is -5.21. The van der Waals surface area contributed by atoms with Gasteiger partial charge in [-0.25, -0.2) is 13.4 Å². The van der Waals surface area contributed by atoms with Crippen LogP contribution in [0.3, 0.4) is 0 Å². The molecule has 0 fully saturated rings. The smallest absolute Gasteiger partial charge is 0.871 e. The zero-order chi connectivity index (χ0) is 42.4. The standard InChI is InChI=1S/C35H22Cl2N8O11S3.3Na/c36-33-39-34(37)41-35(40-33)38-25-16-23(57(48,49)50)13-20-15-27(59(54,55)56)30(32(47)28(20)25)45-43-22-11-7-18(8-12-22)17-5-9-21(10-6-17)42-44-29-26(58(51,52)53)14-19-3-1-2-4-24(19)31(29)46;;;/h1-16,46-47H,(H,48,49,50)(H,51,52,53)(H,54,55,56)(H,38,39,40,41);;;/q;3*+1/p-3. The monoisotopic (exact) mass is 962 g/mol. The molecular weight excluding hydrogens is 945 g/mol. The maximum absolute atomic E-state index is 13.9. The van der Waals surface area contributed by atoms with Gasteiger partial charge in [-0.2, -0.15) is 37.0 Å². The summed E-state index contributed by atoms with van der Waals surface area (Å²) in [5, 5.41) is 41.4. The number of fused-ring (bicyclic) bond motifs is 2. The van der Waals surface area contributed by atoms with Gasteiger partial charge < -0.3 is 14.8 Å². The molecule has 0 saturated carbocycles. The molecule has 0 atom stereocenters. The number of azo groups is 2. The van der Waals surface area contributed by atoms with Gasteiger partial charge in [0.1, 0.15) is 19.9 Å². The normalized spacial score (nSPS) is 12.4. The van der Waals surface area contributed by atoms with Gasteiger partial charge in [0.15, 0.2) is 0 Å². The fourth-order valence-electron chi connectivity index (χ4n) is 5.68. The number of hydrogen-bond acceptors (Lipinski definition) is 16. The van der Waals surface area contributed by atoms with E-state index in [0.717, 1.165) is 24.3 Å². The first-order valence-corrected chi connectivity index (χ1v) is 21.1. The van der Waals surface area contributed by atoms with Crippen molar-refractivity contribution in [1.29, 1.82) is 0 Å². The molecule has 0 amide bonds. The molecule has 0 aliphatic carbocycles. The fourth-order valence-corrected chi connectivity index (χ4v) is 7.89. The topological polar surface area (TPSA) is 315 Å². The van der Waals surface area contributed by atoms with Gasteiger partial charge in [0.2, 0.25) is 16.2 Å². The predicted molar refractivity (Wildman–Crippen MR) is 206 cm³/mol.